The predicted octanol–water partition coefficient (Wildman–Crippen LogP) is 2.33. The standard InChI is InChI=1S/C12H13FN2O3/c1-6(2)18-5-10-14-9-4-7(13)3-8(12(16)17)11(9)15-10/h3-4,6H,5H2,1-2H3,(H,14,15)(H,16,17). The molecule has 0 radical (unpaired) electrons. The number of nitrogens with one attached hydrogen (secondary N) is 1. The van der Waals surface area contributed by atoms with Gasteiger partial charge in [0.1, 0.15) is 23.8 Å². The van der Waals surface area contributed by atoms with Gasteiger partial charge in [-0.1, -0.05) is 0 Å². The normalized spacial score (nSPS) is 11.3. The van der Waals surface area contributed by atoms with Crippen LogP contribution in [0.3, 0.4) is 0 Å². The first kappa shape index (κ1) is 12.5. The molecule has 96 valence electrons. The van der Waals surface area contributed by atoms with Crippen molar-refractivity contribution in [2.45, 2.75) is 26.6 Å². The number of benzene rings is 1. The van der Waals surface area contributed by atoms with Crippen LogP contribution in [0.2, 0.25) is 0 Å². The van der Waals surface area contributed by atoms with Gasteiger partial charge in [-0.2, -0.15) is 0 Å². The molecule has 1 aromatic carbocycles. The molecule has 2 N–H and O–H groups in total. The lowest BCUT2D eigenvalue weighted by atomic mass is 10.2. The topological polar surface area (TPSA) is 75.2 Å². The molecule has 2 rings (SSSR count). The number of H-pyrrole nitrogens is 1. The second kappa shape index (κ2) is 4.73. The van der Waals surface area contributed by atoms with Crippen LogP contribution in [0.4, 0.5) is 4.39 Å². The number of carboxylic acids is 1. The van der Waals surface area contributed by atoms with Gasteiger partial charge in [-0.3, -0.25) is 0 Å². The number of aromatic carboxylic acids is 1. The average Bonchev–Trinajstić information content (AvgIpc) is 2.67. The number of hydrogen-bond donors (Lipinski definition) is 2. The third-order valence-electron chi connectivity index (χ3n) is 2.38. The zero-order valence-corrected chi connectivity index (χ0v) is 10.0. The Morgan fingerprint density at radius 1 is 1.56 bits per heavy atom. The summed E-state index contributed by atoms with van der Waals surface area (Å²) in [6.45, 7) is 3.99. The van der Waals surface area contributed by atoms with Gasteiger partial charge in [-0.05, 0) is 26.0 Å². The van der Waals surface area contributed by atoms with Crippen LogP contribution in [0.15, 0.2) is 12.1 Å². The SMILES string of the molecule is CC(C)OCc1nc2c(C(=O)O)cc(F)cc2[nH]1. The summed E-state index contributed by atoms with van der Waals surface area (Å²) < 4.78 is 18.6. The summed E-state index contributed by atoms with van der Waals surface area (Å²) in [5.74, 6) is -1.34. The summed E-state index contributed by atoms with van der Waals surface area (Å²) in [6.07, 6.45) is 0.0360. The van der Waals surface area contributed by atoms with Gasteiger partial charge in [0.15, 0.2) is 0 Å². The molecule has 1 heterocycles. The summed E-state index contributed by atoms with van der Waals surface area (Å²) in [5, 5.41) is 8.98. The van der Waals surface area contributed by atoms with Crippen molar-refractivity contribution < 1.29 is 19.0 Å². The van der Waals surface area contributed by atoms with E-state index in [-0.39, 0.29) is 23.8 Å². The number of halogens is 1. The number of fused-ring (bicyclic) bond motifs is 1. The van der Waals surface area contributed by atoms with Crippen molar-refractivity contribution in [3.05, 3.63) is 29.3 Å². The molecule has 0 aliphatic heterocycles. The van der Waals surface area contributed by atoms with E-state index in [0.717, 1.165) is 6.07 Å². The number of rotatable bonds is 4. The molecule has 0 atom stereocenters. The van der Waals surface area contributed by atoms with E-state index in [4.69, 9.17) is 9.84 Å². The molecule has 6 heteroatoms. The third kappa shape index (κ3) is 2.48. The van der Waals surface area contributed by atoms with Gasteiger partial charge in [0.25, 0.3) is 0 Å². The average molecular weight is 252 g/mol. The summed E-state index contributed by atoms with van der Waals surface area (Å²) in [6, 6.07) is 2.17. The second-order valence-electron chi connectivity index (χ2n) is 4.20. The zero-order chi connectivity index (χ0) is 13.3. The molecule has 0 bridgehead atoms. The Morgan fingerprint density at radius 2 is 2.28 bits per heavy atom. The number of nitrogens with zero attached hydrogens (tertiary/aromatic N) is 1. The molecule has 0 saturated carbocycles. The predicted molar refractivity (Wildman–Crippen MR) is 62.9 cm³/mol. The van der Waals surface area contributed by atoms with Gasteiger partial charge < -0.3 is 14.8 Å². The van der Waals surface area contributed by atoms with E-state index >= 15 is 0 Å². The highest BCUT2D eigenvalue weighted by Crippen LogP contribution is 2.19. The first-order valence-electron chi connectivity index (χ1n) is 5.50. The molecule has 0 saturated heterocycles. The van der Waals surface area contributed by atoms with Gasteiger partial charge in [0.05, 0.1) is 17.2 Å². The van der Waals surface area contributed by atoms with Crippen LogP contribution >= 0.6 is 0 Å². The number of aromatic amines is 1. The minimum Gasteiger partial charge on any atom is -0.478 e. The van der Waals surface area contributed by atoms with Crippen molar-refractivity contribution in [1.29, 1.82) is 0 Å². The molecule has 0 unspecified atom stereocenters. The van der Waals surface area contributed by atoms with Crippen LogP contribution in [0, 0.1) is 5.82 Å². The fourth-order valence-corrected chi connectivity index (χ4v) is 1.61. The number of hydrogen-bond acceptors (Lipinski definition) is 3. The molecule has 0 fully saturated rings. The van der Waals surface area contributed by atoms with Crippen LogP contribution in [0.1, 0.15) is 30.0 Å². The number of aromatic nitrogens is 2. The van der Waals surface area contributed by atoms with E-state index in [9.17, 15) is 9.18 Å². The lowest BCUT2D eigenvalue weighted by Gasteiger charge is -2.03. The minimum absolute atomic E-state index is 0.0360. The van der Waals surface area contributed by atoms with Gasteiger partial charge in [0, 0.05) is 0 Å². The fraction of sp³-hybridized carbons (Fsp3) is 0.333. The van der Waals surface area contributed by atoms with E-state index in [1.54, 1.807) is 0 Å². The van der Waals surface area contributed by atoms with Crippen molar-refractivity contribution >= 4 is 17.0 Å². The van der Waals surface area contributed by atoms with Gasteiger partial charge in [-0.25, -0.2) is 14.2 Å². The van der Waals surface area contributed by atoms with Crippen molar-refractivity contribution in [3.8, 4) is 0 Å². The summed E-state index contributed by atoms with van der Waals surface area (Å²) in [7, 11) is 0. The summed E-state index contributed by atoms with van der Waals surface area (Å²) in [5.41, 5.74) is 0.443. The summed E-state index contributed by atoms with van der Waals surface area (Å²) in [4.78, 5) is 18.0. The van der Waals surface area contributed by atoms with E-state index < -0.39 is 11.8 Å². The van der Waals surface area contributed by atoms with Gasteiger partial charge in [-0.15, -0.1) is 0 Å². The van der Waals surface area contributed by atoms with Crippen LogP contribution in [0.25, 0.3) is 11.0 Å². The maximum Gasteiger partial charge on any atom is 0.338 e. The molecule has 0 aliphatic carbocycles. The highest BCUT2D eigenvalue weighted by molar-refractivity contribution is 6.00. The largest absolute Gasteiger partial charge is 0.478 e. The summed E-state index contributed by atoms with van der Waals surface area (Å²) >= 11 is 0. The van der Waals surface area contributed by atoms with E-state index in [0.29, 0.717) is 11.3 Å². The molecule has 0 amide bonds. The highest BCUT2D eigenvalue weighted by Gasteiger charge is 2.15. The van der Waals surface area contributed by atoms with Crippen molar-refractivity contribution in [3.63, 3.8) is 0 Å². The van der Waals surface area contributed by atoms with E-state index in [1.807, 2.05) is 13.8 Å². The van der Waals surface area contributed by atoms with Crippen LogP contribution in [0.5, 0.6) is 0 Å². The highest BCUT2D eigenvalue weighted by atomic mass is 19.1. The first-order valence-corrected chi connectivity index (χ1v) is 5.50. The minimum atomic E-state index is -1.21. The van der Waals surface area contributed by atoms with Crippen molar-refractivity contribution in [2.75, 3.05) is 0 Å². The molecular weight excluding hydrogens is 239 g/mol. The molecule has 0 aliphatic rings. The fourth-order valence-electron chi connectivity index (χ4n) is 1.61. The van der Waals surface area contributed by atoms with E-state index in [1.165, 1.54) is 6.07 Å². The molecule has 2 aromatic rings. The molecule has 18 heavy (non-hydrogen) atoms. The zero-order valence-electron chi connectivity index (χ0n) is 10.0. The lowest BCUT2D eigenvalue weighted by molar-refractivity contribution is 0.0618. The smallest absolute Gasteiger partial charge is 0.338 e. The van der Waals surface area contributed by atoms with Crippen LogP contribution in [-0.2, 0) is 11.3 Å². The second-order valence-corrected chi connectivity index (χ2v) is 4.20. The number of carbonyl (C=O) groups is 1. The third-order valence-corrected chi connectivity index (χ3v) is 2.38. The Balaban J connectivity index is 2.43. The Hall–Kier alpha value is -1.95. The van der Waals surface area contributed by atoms with Gasteiger partial charge in [0.2, 0.25) is 0 Å². The van der Waals surface area contributed by atoms with E-state index in [2.05, 4.69) is 9.97 Å². The Bertz CT molecular complexity index is 592. The molecule has 5 nitrogen and oxygen atoms in total. The molecule has 1 aromatic heterocycles. The van der Waals surface area contributed by atoms with Crippen molar-refractivity contribution in [2.24, 2.45) is 0 Å². The monoisotopic (exact) mass is 252 g/mol. The van der Waals surface area contributed by atoms with Crippen LogP contribution < -0.4 is 0 Å². The number of ether oxygens (including phenoxy) is 1. The lowest BCUT2D eigenvalue weighted by Crippen LogP contribution is -2.03. The first-order chi connectivity index (χ1) is 8.47. The molecule has 0 spiro atoms. The van der Waals surface area contributed by atoms with Crippen molar-refractivity contribution in [1.82, 2.24) is 9.97 Å². The number of carboxylic acid groups (broad SMARTS) is 1. The van der Waals surface area contributed by atoms with Gasteiger partial charge >= 0.3 is 5.97 Å². The van der Waals surface area contributed by atoms with Crippen LogP contribution in [-0.4, -0.2) is 27.1 Å². The molecular formula is C12H13FN2O3. The Kier molecular flexibility index (Phi) is 3.29. The quantitative estimate of drug-likeness (QED) is 0.875. The maximum absolute atomic E-state index is 13.2. The Morgan fingerprint density at radius 3 is 2.89 bits per heavy atom. The Labute approximate surface area is 103 Å². The number of imidazole rings is 1. The maximum atomic E-state index is 13.2.